The second-order valence-electron chi connectivity index (χ2n) is 6.29. The Morgan fingerprint density at radius 1 is 1.00 bits per heavy atom. The van der Waals surface area contributed by atoms with Crippen molar-refractivity contribution in [1.29, 1.82) is 0 Å². The Morgan fingerprint density at radius 3 is 2.04 bits per heavy atom. The largest absolute Gasteiger partial charge is 0.381 e. The molecular formula is C18H20ClNO4S. The Hall–Kier alpha value is -1.44. The van der Waals surface area contributed by atoms with Crippen molar-refractivity contribution in [1.82, 2.24) is 5.48 Å². The van der Waals surface area contributed by atoms with Crippen LogP contribution in [0, 0.1) is 0 Å². The van der Waals surface area contributed by atoms with Crippen molar-refractivity contribution in [3.05, 3.63) is 53.6 Å². The standard InChI is InChI=1S/C18H20ClNO4S/c19-16-5-1-14(2-6-16)15-3-7-17(8-4-15)25(22,23)13-18(20-21)9-11-24-12-10-18/h1-8,20-21H,9-13H2. The van der Waals surface area contributed by atoms with Gasteiger partial charge in [0.25, 0.3) is 0 Å². The third-order valence-corrected chi connectivity index (χ3v) is 6.72. The molecule has 0 aliphatic carbocycles. The summed E-state index contributed by atoms with van der Waals surface area (Å²) in [5.41, 5.74) is 3.24. The summed E-state index contributed by atoms with van der Waals surface area (Å²) in [6.07, 6.45) is 0.900. The highest BCUT2D eigenvalue weighted by molar-refractivity contribution is 7.91. The highest BCUT2D eigenvalue weighted by atomic mass is 35.5. The maximum Gasteiger partial charge on any atom is 0.180 e. The molecule has 2 aromatic rings. The van der Waals surface area contributed by atoms with E-state index in [4.69, 9.17) is 16.3 Å². The summed E-state index contributed by atoms with van der Waals surface area (Å²) in [5, 5.41) is 10.1. The fourth-order valence-electron chi connectivity index (χ4n) is 2.99. The molecule has 1 aliphatic rings. The molecule has 3 rings (SSSR count). The van der Waals surface area contributed by atoms with E-state index in [1.54, 1.807) is 36.4 Å². The summed E-state index contributed by atoms with van der Waals surface area (Å²) < 4.78 is 30.8. The molecule has 0 spiro atoms. The van der Waals surface area contributed by atoms with Gasteiger partial charge >= 0.3 is 0 Å². The molecule has 2 N–H and O–H groups in total. The zero-order valence-corrected chi connectivity index (χ0v) is 15.2. The van der Waals surface area contributed by atoms with Crippen LogP contribution in [0.1, 0.15) is 12.8 Å². The van der Waals surface area contributed by atoms with Crippen LogP contribution in [0.25, 0.3) is 11.1 Å². The van der Waals surface area contributed by atoms with Gasteiger partial charge in [-0.05, 0) is 48.2 Å². The molecule has 7 heteroatoms. The lowest BCUT2D eigenvalue weighted by molar-refractivity contribution is -0.0153. The normalized spacial score (nSPS) is 17.4. The van der Waals surface area contributed by atoms with Gasteiger partial charge in [0.2, 0.25) is 0 Å². The first-order valence-electron chi connectivity index (χ1n) is 8.02. The highest BCUT2D eigenvalue weighted by Gasteiger charge is 2.37. The summed E-state index contributed by atoms with van der Waals surface area (Å²) >= 11 is 5.89. The lowest BCUT2D eigenvalue weighted by atomic mass is 9.93. The second-order valence-corrected chi connectivity index (χ2v) is 8.72. The second kappa shape index (κ2) is 7.43. The van der Waals surface area contributed by atoms with Gasteiger partial charge in [-0.3, -0.25) is 0 Å². The SMILES string of the molecule is O=S(=O)(CC1(NO)CCOCC1)c1ccc(-c2ccc(Cl)cc2)cc1. The number of ether oxygens (including phenoxy) is 1. The third kappa shape index (κ3) is 4.22. The molecule has 0 aromatic heterocycles. The van der Waals surface area contributed by atoms with Gasteiger partial charge in [0.05, 0.1) is 16.2 Å². The van der Waals surface area contributed by atoms with Crippen molar-refractivity contribution in [2.45, 2.75) is 23.3 Å². The number of nitrogens with one attached hydrogen (secondary N) is 1. The smallest absolute Gasteiger partial charge is 0.180 e. The van der Waals surface area contributed by atoms with Gasteiger partial charge in [-0.15, -0.1) is 0 Å². The molecule has 1 heterocycles. The van der Waals surface area contributed by atoms with E-state index in [0.29, 0.717) is 31.1 Å². The minimum Gasteiger partial charge on any atom is -0.381 e. The summed E-state index contributed by atoms with van der Waals surface area (Å²) in [5.74, 6) is -0.167. The van der Waals surface area contributed by atoms with E-state index >= 15 is 0 Å². The quantitative estimate of drug-likeness (QED) is 0.777. The van der Waals surface area contributed by atoms with Gasteiger partial charge in [-0.25, -0.2) is 8.42 Å². The van der Waals surface area contributed by atoms with Crippen LogP contribution < -0.4 is 5.48 Å². The molecular weight excluding hydrogens is 362 g/mol. The predicted molar refractivity (Wildman–Crippen MR) is 96.6 cm³/mol. The first-order chi connectivity index (χ1) is 11.9. The first kappa shape index (κ1) is 18.4. The van der Waals surface area contributed by atoms with Gasteiger partial charge in [0.15, 0.2) is 9.84 Å². The van der Waals surface area contributed by atoms with Crippen molar-refractivity contribution in [3.63, 3.8) is 0 Å². The third-order valence-electron chi connectivity index (χ3n) is 4.54. The number of halogens is 1. The Bertz CT molecular complexity index is 813. The topological polar surface area (TPSA) is 75.6 Å². The molecule has 0 amide bonds. The van der Waals surface area contributed by atoms with E-state index in [9.17, 15) is 13.6 Å². The van der Waals surface area contributed by atoms with Crippen molar-refractivity contribution in [3.8, 4) is 11.1 Å². The molecule has 1 saturated heterocycles. The Balaban J connectivity index is 1.81. The average molecular weight is 382 g/mol. The number of benzene rings is 2. The van der Waals surface area contributed by atoms with E-state index < -0.39 is 15.4 Å². The van der Waals surface area contributed by atoms with Crippen LogP contribution in [-0.4, -0.2) is 38.1 Å². The predicted octanol–water partition coefficient (Wildman–Crippen LogP) is 3.31. The molecule has 0 saturated carbocycles. The summed E-state index contributed by atoms with van der Waals surface area (Å²) in [4.78, 5) is 0.242. The first-order valence-corrected chi connectivity index (χ1v) is 10.0. The maximum absolute atomic E-state index is 12.7. The molecule has 1 aliphatic heterocycles. The zero-order valence-electron chi connectivity index (χ0n) is 13.6. The summed E-state index contributed by atoms with van der Waals surface area (Å²) in [6, 6.07) is 14.1. The average Bonchev–Trinajstić information content (AvgIpc) is 2.63. The molecule has 5 nitrogen and oxygen atoms in total. The number of hydrogen-bond donors (Lipinski definition) is 2. The fraction of sp³-hybridized carbons (Fsp3) is 0.333. The van der Waals surface area contributed by atoms with E-state index in [1.165, 1.54) is 0 Å². The molecule has 0 unspecified atom stereocenters. The van der Waals surface area contributed by atoms with Crippen LogP contribution >= 0.6 is 11.6 Å². The molecule has 134 valence electrons. The highest BCUT2D eigenvalue weighted by Crippen LogP contribution is 2.27. The van der Waals surface area contributed by atoms with Crippen LogP contribution in [0.3, 0.4) is 0 Å². The van der Waals surface area contributed by atoms with Gasteiger partial charge in [-0.2, -0.15) is 5.48 Å². The molecule has 0 atom stereocenters. The molecule has 25 heavy (non-hydrogen) atoms. The summed E-state index contributed by atoms with van der Waals surface area (Å²) in [6.45, 7) is 0.858. The minimum atomic E-state index is -3.54. The Labute approximate surface area is 152 Å². The lowest BCUT2D eigenvalue weighted by Crippen LogP contribution is -2.52. The van der Waals surface area contributed by atoms with E-state index in [2.05, 4.69) is 5.48 Å². The molecule has 0 bridgehead atoms. The van der Waals surface area contributed by atoms with Crippen LogP contribution in [0.5, 0.6) is 0 Å². The van der Waals surface area contributed by atoms with Crippen molar-refractivity contribution >= 4 is 21.4 Å². The minimum absolute atomic E-state index is 0.167. The van der Waals surface area contributed by atoms with Crippen molar-refractivity contribution < 1.29 is 18.4 Å². The molecule has 1 fully saturated rings. The number of sulfone groups is 1. The van der Waals surface area contributed by atoms with Gasteiger partial charge in [-0.1, -0.05) is 35.9 Å². The van der Waals surface area contributed by atoms with Gasteiger partial charge < -0.3 is 9.94 Å². The van der Waals surface area contributed by atoms with E-state index in [1.807, 2.05) is 12.1 Å². The van der Waals surface area contributed by atoms with Crippen LogP contribution in [0.4, 0.5) is 0 Å². The fourth-order valence-corrected chi connectivity index (χ4v) is 4.92. The van der Waals surface area contributed by atoms with Crippen LogP contribution in [-0.2, 0) is 14.6 Å². The van der Waals surface area contributed by atoms with Crippen LogP contribution in [0.15, 0.2) is 53.4 Å². The van der Waals surface area contributed by atoms with E-state index in [-0.39, 0.29) is 10.6 Å². The molecule has 2 aromatic carbocycles. The monoisotopic (exact) mass is 381 g/mol. The summed E-state index contributed by atoms with van der Waals surface area (Å²) in [7, 11) is -3.54. The zero-order chi connectivity index (χ0) is 17.9. The lowest BCUT2D eigenvalue weighted by Gasteiger charge is -2.35. The van der Waals surface area contributed by atoms with Crippen molar-refractivity contribution in [2.75, 3.05) is 19.0 Å². The van der Waals surface area contributed by atoms with Gasteiger partial charge in [0.1, 0.15) is 0 Å². The number of hydrogen-bond acceptors (Lipinski definition) is 5. The van der Waals surface area contributed by atoms with Crippen molar-refractivity contribution in [2.24, 2.45) is 0 Å². The number of rotatable bonds is 5. The van der Waals surface area contributed by atoms with Gasteiger partial charge in [0, 0.05) is 18.2 Å². The van der Waals surface area contributed by atoms with E-state index in [0.717, 1.165) is 11.1 Å². The van der Waals surface area contributed by atoms with Crippen LogP contribution in [0.2, 0.25) is 5.02 Å². The Morgan fingerprint density at radius 2 is 1.52 bits per heavy atom. The molecule has 0 radical (unpaired) electrons. The Kier molecular flexibility index (Phi) is 5.46. The number of hydroxylamine groups is 1. The maximum atomic E-state index is 12.7.